The summed E-state index contributed by atoms with van der Waals surface area (Å²) in [6.45, 7) is -0.169. The molecule has 0 heterocycles. The quantitative estimate of drug-likeness (QED) is 0.814. The molecule has 0 spiro atoms. The number of carbonyl (C=O) groups excluding carboxylic acids is 1. The fourth-order valence-electron chi connectivity index (χ4n) is 1.62. The molecule has 0 bridgehead atoms. The number of nitrogens with zero attached hydrogens (tertiary/aromatic N) is 1. The number of carbonyl (C=O) groups is 1. The molecule has 7 heteroatoms. The van der Waals surface area contributed by atoms with Crippen molar-refractivity contribution in [1.82, 2.24) is 0 Å². The Morgan fingerprint density at radius 3 is 2.68 bits per heavy atom. The number of hydrogen-bond acceptors (Lipinski definition) is 3. The van der Waals surface area contributed by atoms with Gasteiger partial charge in [0.1, 0.15) is 11.8 Å². The Morgan fingerprint density at radius 2 is 2.05 bits per heavy atom. The van der Waals surface area contributed by atoms with Crippen molar-refractivity contribution in [1.29, 1.82) is 5.26 Å². The van der Waals surface area contributed by atoms with E-state index >= 15 is 0 Å². The van der Waals surface area contributed by atoms with Crippen molar-refractivity contribution in [3.05, 3.63) is 56.5 Å². The van der Waals surface area contributed by atoms with E-state index in [1.807, 2.05) is 6.07 Å². The molecule has 0 aliphatic carbocycles. The topological polar surface area (TPSA) is 62.1 Å². The molecule has 2 aromatic rings. The first-order valence-corrected chi connectivity index (χ1v) is 7.62. The minimum atomic E-state index is -0.345. The molecule has 2 aromatic carbocycles. The van der Waals surface area contributed by atoms with Crippen LogP contribution in [0, 0.1) is 11.3 Å². The van der Waals surface area contributed by atoms with Crippen LogP contribution in [0.4, 0.5) is 5.69 Å². The van der Waals surface area contributed by atoms with E-state index in [2.05, 4.69) is 21.2 Å². The van der Waals surface area contributed by atoms with Crippen molar-refractivity contribution < 1.29 is 9.53 Å². The standard InChI is InChI=1S/C15H9BrCl2N2O2/c16-12-5-10(17)2-4-14(12)22-8-15(21)20-11-3-1-9(7-19)13(18)6-11/h1-6H,8H2,(H,20,21). The summed E-state index contributed by atoms with van der Waals surface area (Å²) in [5, 5.41) is 12.3. The van der Waals surface area contributed by atoms with Crippen LogP contribution < -0.4 is 10.1 Å². The Labute approximate surface area is 145 Å². The molecule has 0 saturated heterocycles. The van der Waals surface area contributed by atoms with Gasteiger partial charge in [0.15, 0.2) is 6.61 Å². The van der Waals surface area contributed by atoms with E-state index in [9.17, 15) is 4.79 Å². The van der Waals surface area contributed by atoms with Crippen LogP contribution >= 0.6 is 39.1 Å². The zero-order valence-corrected chi connectivity index (χ0v) is 14.2. The van der Waals surface area contributed by atoms with Crippen LogP contribution in [-0.4, -0.2) is 12.5 Å². The maximum absolute atomic E-state index is 11.8. The minimum absolute atomic E-state index is 0.169. The van der Waals surface area contributed by atoms with Crippen molar-refractivity contribution in [3.8, 4) is 11.8 Å². The lowest BCUT2D eigenvalue weighted by molar-refractivity contribution is -0.118. The molecule has 2 rings (SSSR count). The zero-order chi connectivity index (χ0) is 16.1. The van der Waals surface area contributed by atoms with Crippen LogP contribution in [0.1, 0.15) is 5.56 Å². The Balaban J connectivity index is 1.96. The second-order valence-electron chi connectivity index (χ2n) is 4.22. The number of hydrogen-bond donors (Lipinski definition) is 1. The Bertz CT molecular complexity index is 760. The summed E-state index contributed by atoms with van der Waals surface area (Å²) in [5.74, 6) is 0.167. The molecule has 4 nitrogen and oxygen atoms in total. The SMILES string of the molecule is N#Cc1ccc(NC(=O)COc2ccc(Cl)cc2Br)cc1Cl. The Kier molecular flexibility index (Phi) is 5.67. The van der Waals surface area contributed by atoms with Crippen molar-refractivity contribution in [2.75, 3.05) is 11.9 Å². The van der Waals surface area contributed by atoms with E-state index in [0.29, 0.717) is 26.5 Å². The number of benzene rings is 2. The number of nitriles is 1. The molecule has 0 unspecified atom stereocenters. The average Bonchev–Trinajstić information content (AvgIpc) is 2.46. The van der Waals surface area contributed by atoms with Gasteiger partial charge >= 0.3 is 0 Å². The summed E-state index contributed by atoms with van der Waals surface area (Å²) in [4.78, 5) is 11.8. The number of rotatable bonds is 4. The third kappa shape index (κ3) is 4.38. The molecule has 1 N–H and O–H groups in total. The van der Waals surface area contributed by atoms with Crippen LogP contribution in [0.2, 0.25) is 10.0 Å². The molecule has 0 saturated carbocycles. The van der Waals surface area contributed by atoms with E-state index < -0.39 is 0 Å². The van der Waals surface area contributed by atoms with Crippen LogP contribution in [-0.2, 0) is 4.79 Å². The van der Waals surface area contributed by atoms with E-state index in [-0.39, 0.29) is 17.5 Å². The minimum Gasteiger partial charge on any atom is -0.483 e. The van der Waals surface area contributed by atoms with Gasteiger partial charge in [0.2, 0.25) is 0 Å². The maximum Gasteiger partial charge on any atom is 0.262 e. The highest BCUT2D eigenvalue weighted by atomic mass is 79.9. The molecular weight excluding hydrogens is 391 g/mol. The number of amides is 1. The number of halogens is 3. The number of ether oxygens (including phenoxy) is 1. The highest BCUT2D eigenvalue weighted by Crippen LogP contribution is 2.28. The lowest BCUT2D eigenvalue weighted by Crippen LogP contribution is -2.20. The Hall–Kier alpha value is -1.74. The van der Waals surface area contributed by atoms with Gasteiger partial charge in [-0.15, -0.1) is 0 Å². The van der Waals surface area contributed by atoms with Gasteiger partial charge in [-0.3, -0.25) is 4.79 Å². The van der Waals surface area contributed by atoms with Crippen LogP contribution in [0.15, 0.2) is 40.9 Å². The van der Waals surface area contributed by atoms with E-state index in [4.69, 9.17) is 33.2 Å². The normalized spacial score (nSPS) is 9.91. The van der Waals surface area contributed by atoms with Gasteiger partial charge in [0.25, 0.3) is 5.91 Å². The van der Waals surface area contributed by atoms with Gasteiger partial charge in [-0.05, 0) is 52.3 Å². The third-order valence-electron chi connectivity index (χ3n) is 2.63. The molecular formula is C15H9BrCl2N2O2. The summed E-state index contributed by atoms with van der Waals surface area (Å²) in [6.07, 6.45) is 0. The zero-order valence-electron chi connectivity index (χ0n) is 11.1. The lowest BCUT2D eigenvalue weighted by Gasteiger charge is -2.09. The predicted molar refractivity (Wildman–Crippen MR) is 89.4 cm³/mol. The first-order chi connectivity index (χ1) is 10.5. The first-order valence-electron chi connectivity index (χ1n) is 6.07. The highest BCUT2D eigenvalue weighted by molar-refractivity contribution is 9.10. The van der Waals surface area contributed by atoms with Crippen LogP contribution in [0.25, 0.3) is 0 Å². The van der Waals surface area contributed by atoms with Crippen molar-refractivity contribution in [2.24, 2.45) is 0 Å². The smallest absolute Gasteiger partial charge is 0.262 e. The molecule has 0 fully saturated rings. The molecule has 0 radical (unpaired) electrons. The molecule has 0 aliphatic rings. The van der Waals surface area contributed by atoms with Crippen molar-refractivity contribution in [3.63, 3.8) is 0 Å². The van der Waals surface area contributed by atoms with Crippen molar-refractivity contribution in [2.45, 2.75) is 0 Å². The van der Waals surface area contributed by atoms with Gasteiger partial charge in [-0.1, -0.05) is 23.2 Å². The van der Waals surface area contributed by atoms with E-state index in [0.717, 1.165) is 0 Å². The summed E-state index contributed by atoms with van der Waals surface area (Å²) >= 11 is 15.0. The predicted octanol–water partition coefficient (Wildman–Crippen LogP) is 4.65. The third-order valence-corrected chi connectivity index (χ3v) is 3.79. The van der Waals surface area contributed by atoms with Gasteiger partial charge in [0, 0.05) is 10.7 Å². The molecule has 1 amide bonds. The fourth-order valence-corrected chi connectivity index (χ4v) is 2.64. The first kappa shape index (κ1) is 16.6. The molecule has 0 atom stereocenters. The van der Waals surface area contributed by atoms with E-state index in [1.54, 1.807) is 24.3 Å². The van der Waals surface area contributed by atoms with Crippen molar-refractivity contribution >= 4 is 50.7 Å². The summed E-state index contributed by atoms with van der Waals surface area (Å²) in [6, 6.07) is 11.6. The van der Waals surface area contributed by atoms with Gasteiger partial charge in [-0.25, -0.2) is 0 Å². The summed E-state index contributed by atoms with van der Waals surface area (Å²) < 4.78 is 6.06. The molecule has 0 aromatic heterocycles. The fraction of sp³-hybridized carbons (Fsp3) is 0.0667. The number of anilines is 1. The molecule has 112 valence electrons. The maximum atomic E-state index is 11.8. The molecule has 22 heavy (non-hydrogen) atoms. The average molecular weight is 400 g/mol. The van der Waals surface area contributed by atoms with Gasteiger partial charge in [-0.2, -0.15) is 5.26 Å². The van der Waals surface area contributed by atoms with Crippen LogP contribution in [0.3, 0.4) is 0 Å². The summed E-state index contributed by atoms with van der Waals surface area (Å²) in [7, 11) is 0. The lowest BCUT2D eigenvalue weighted by atomic mass is 10.2. The Morgan fingerprint density at radius 1 is 1.27 bits per heavy atom. The largest absolute Gasteiger partial charge is 0.483 e. The molecule has 0 aliphatic heterocycles. The van der Waals surface area contributed by atoms with E-state index in [1.165, 1.54) is 12.1 Å². The van der Waals surface area contributed by atoms with Gasteiger partial charge < -0.3 is 10.1 Å². The highest BCUT2D eigenvalue weighted by Gasteiger charge is 2.08. The second-order valence-corrected chi connectivity index (χ2v) is 5.92. The second kappa shape index (κ2) is 7.50. The van der Waals surface area contributed by atoms with Crippen LogP contribution in [0.5, 0.6) is 5.75 Å². The number of nitrogens with one attached hydrogen (secondary N) is 1. The van der Waals surface area contributed by atoms with Gasteiger partial charge in [0.05, 0.1) is 15.1 Å². The summed E-state index contributed by atoms with van der Waals surface area (Å²) in [5.41, 5.74) is 0.841. The monoisotopic (exact) mass is 398 g/mol.